The molecule has 2 aromatic carbocycles. The van der Waals surface area contributed by atoms with Crippen LogP contribution in [0.1, 0.15) is 59.5 Å². The van der Waals surface area contributed by atoms with Gasteiger partial charge in [0.15, 0.2) is 5.76 Å². The number of benzene rings is 2. The molecule has 48 heavy (non-hydrogen) atoms. The molecule has 0 radical (unpaired) electrons. The maximum Gasteiger partial charge on any atom is 0.289 e. The summed E-state index contributed by atoms with van der Waals surface area (Å²) in [5.74, 6) is 2.83. The van der Waals surface area contributed by atoms with Crippen LogP contribution in [0.15, 0.2) is 71.4 Å². The molecule has 1 atom stereocenters. The van der Waals surface area contributed by atoms with Gasteiger partial charge in [0.25, 0.3) is 5.91 Å². The highest BCUT2D eigenvalue weighted by molar-refractivity contribution is 5.92. The number of aryl methyl sites for hydroxylation is 3. The van der Waals surface area contributed by atoms with Gasteiger partial charge in [-0.15, -0.1) is 0 Å². The molecular weight excluding hydrogens is 610 g/mol. The minimum absolute atomic E-state index is 0.0995. The van der Waals surface area contributed by atoms with Gasteiger partial charge in [-0.25, -0.2) is 4.98 Å². The van der Waals surface area contributed by atoms with Gasteiger partial charge in [0.2, 0.25) is 11.8 Å². The fourth-order valence-corrected chi connectivity index (χ4v) is 6.17. The van der Waals surface area contributed by atoms with Gasteiger partial charge in [-0.3, -0.25) is 14.4 Å². The van der Waals surface area contributed by atoms with Crippen molar-refractivity contribution in [1.82, 2.24) is 24.7 Å². The number of imidazole rings is 1. The highest BCUT2D eigenvalue weighted by atomic mass is 16.5. The Bertz CT molecular complexity index is 1730. The number of nitrogens with one attached hydrogen (secondary N) is 1. The van der Waals surface area contributed by atoms with E-state index in [2.05, 4.69) is 14.9 Å². The van der Waals surface area contributed by atoms with Crippen LogP contribution in [0.2, 0.25) is 0 Å². The lowest BCUT2D eigenvalue weighted by molar-refractivity contribution is -0.134. The van der Waals surface area contributed by atoms with Crippen molar-refractivity contribution in [1.29, 1.82) is 0 Å². The molecule has 2 aliphatic rings. The number of aromatic nitrogens is 2. The van der Waals surface area contributed by atoms with Crippen LogP contribution in [0.3, 0.4) is 0 Å². The minimum Gasteiger partial charge on any atom is -0.492 e. The first kappa shape index (κ1) is 32.9. The third-order valence-corrected chi connectivity index (χ3v) is 8.91. The number of furan rings is 1. The molecule has 11 heteroatoms. The second kappa shape index (κ2) is 15.2. The second-order valence-electron chi connectivity index (χ2n) is 12.5. The van der Waals surface area contributed by atoms with Crippen molar-refractivity contribution >= 4 is 17.7 Å². The predicted octanol–water partition coefficient (Wildman–Crippen LogP) is 5.15. The van der Waals surface area contributed by atoms with Crippen molar-refractivity contribution in [3.05, 3.63) is 89.6 Å². The summed E-state index contributed by atoms with van der Waals surface area (Å²) in [6.07, 6.45) is 6.66. The molecule has 0 spiro atoms. The predicted molar refractivity (Wildman–Crippen MR) is 180 cm³/mol. The first-order chi connectivity index (χ1) is 23.3. The van der Waals surface area contributed by atoms with Gasteiger partial charge in [-0.05, 0) is 69.9 Å². The van der Waals surface area contributed by atoms with Crippen LogP contribution in [-0.2, 0) is 22.7 Å². The fourth-order valence-electron chi connectivity index (χ4n) is 6.17. The molecule has 0 aliphatic carbocycles. The molecule has 11 nitrogen and oxygen atoms in total. The number of hydrogen-bond acceptors (Lipinski definition) is 7. The van der Waals surface area contributed by atoms with Crippen LogP contribution in [0.25, 0.3) is 11.4 Å². The van der Waals surface area contributed by atoms with Crippen molar-refractivity contribution in [2.24, 2.45) is 0 Å². The minimum atomic E-state index is -0.516. The average molecular weight is 654 g/mol. The largest absolute Gasteiger partial charge is 0.492 e. The van der Waals surface area contributed by atoms with Crippen LogP contribution in [0.5, 0.6) is 11.5 Å². The summed E-state index contributed by atoms with van der Waals surface area (Å²) in [5.41, 5.74) is 2.90. The summed E-state index contributed by atoms with van der Waals surface area (Å²) in [5, 5.41) is 2.80. The number of nitrogens with zero attached hydrogens (tertiary/aromatic N) is 4. The molecular formula is C37H43N5O6. The standard InChI is InChI=1S/C37H43N5O6/c1-26-9-11-30(12-10-26)47-25-29-24-33(48-27(29)2)37(45)41-16-3-4-17-42(36(44)32-13-14-34(43)39-32)21-22-46-31-8-5-7-28(23-31)35-38-15-20-40(35)18-6-19-41/h5,7-12,15,20,23-24,32H,3-4,6,13-14,16-19,21-22,25H2,1-2H3,(H,39,43). The van der Waals surface area contributed by atoms with Gasteiger partial charge in [0, 0.05) is 56.1 Å². The zero-order chi connectivity index (χ0) is 33.5. The highest BCUT2D eigenvalue weighted by Gasteiger charge is 2.31. The number of ether oxygens (including phenoxy) is 2. The van der Waals surface area contributed by atoms with E-state index < -0.39 is 6.04 Å². The SMILES string of the molecule is Cc1ccc(OCc2cc(C(=O)N3CCCCN(C(=O)C4CCC(=O)N4)CCOc4cccc(c4)-c4nccn4CCC3)oc2C)cc1. The first-order valence-corrected chi connectivity index (χ1v) is 16.7. The van der Waals surface area contributed by atoms with Crippen LogP contribution < -0.4 is 14.8 Å². The summed E-state index contributed by atoms with van der Waals surface area (Å²) < 4.78 is 20.1. The smallest absolute Gasteiger partial charge is 0.289 e. The lowest BCUT2D eigenvalue weighted by Gasteiger charge is -2.26. The Kier molecular flexibility index (Phi) is 10.4. The molecule has 4 aromatic rings. The van der Waals surface area contributed by atoms with Crippen molar-refractivity contribution in [2.75, 3.05) is 32.8 Å². The molecule has 6 rings (SSSR count). The molecule has 2 aromatic heterocycles. The van der Waals surface area contributed by atoms with E-state index in [9.17, 15) is 14.4 Å². The van der Waals surface area contributed by atoms with Gasteiger partial charge in [-0.2, -0.15) is 0 Å². The molecule has 1 saturated heterocycles. The lowest BCUT2D eigenvalue weighted by atomic mass is 10.2. The van der Waals surface area contributed by atoms with Crippen LogP contribution >= 0.6 is 0 Å². The Morgan fingerprint density at radius 2 is 1.75 bits per heavy atom. The highest BCUT2D eigenvalue weighted by Crippen LogP contribution is 2.24. The molecule has 2 aliphatic heterocycles. The Morgan fingerprint density at radius 3 is 2.54 bits per heavy atom. The van der Waals surface area contributed by atoms with E-state index in [0.717, 1.165) is 28.3 Å². The van der Waals surface area contributed by atoms with Gasteiger partial charge in [-0.1, -0.05) is 29.8 Å². The third kappa shape index (κ3) is 8.07. The number of carbonyl (C=O) groups excluding carboxylic acids is 3. The van der Waals surface area contributed by atoms with E-state index in [1.165, 1.54) is 0 Å². The van der Waals surface area contributed by atoms with Crippen LogP contribution in [0.4, 0.5) is 0 Å². The third-order valence-electron chi connectivity index (χ3n) is 8.91. The van der Waals surface area contributed by atoms with Crippen molar-refractivity contribution in [2.45, 2.75) is 65.1 Å². The van der Waals surface area contributed by atoms with Crippen LogP contribution in [0, 0.1) is 13.8 Å². The van der Waals surface area contributed by atoms with Crippen molar-refractivity contribution in [3.8, 4) is 22.9 Å². The Balaban J connectivity index is 1.19. The number of rotatable bonds is 5. The summed E-state index contributed by atoms with van der Waals surface area (Å²) in [6.45, 7) is 7.05. The van der Waals surface area contributed by atoms with Crippen LogP contribution in [-0.4, -0.2) is 75.9 Å². The average Bonchev–Trinajstić information content (AvgIpc) is 3.84. The van der Waals surface area contributed by atoms with E-state index in [-0.39, 0.29) is 23.5 Å². The van der Waals surface area contributed by atoms with E-state index in [0.29, 0.717) is 89.6 Å². The summed E-state index contributed by atoms with van der Waals surface area (Å²) >= 11 is 0. The van der Waals surface area contributed by atoms with Gasteiger partial charge in [0.1, 0.15) is 42.3 Å². The first-order valence-electron chi connectivity index (χ1n) is 16.7. The topological polar surface area (TPSA) is 119 Å². The van der Waals surface area contributed by atoms with E-state index in [4.69, 9.17) is 13.9 Å². The molecule has 1 N–H and O–H groups in total. The number of hydrogen-bond donors (Lipinski definition) is 1. The van der Waals surface area contributed by atoms with E-state index in [1.807, 2.05) is 73.5 Å². The van der Waals surface area contributed by atoms with Crippen molar-refractivity contribution in [3.63, 3.8) is 0 Å². The summed E-state index contributed by atoms with van der Waals surface area (Å²) in [7, 11) is 0. The second-order valence-corrected chi connectivity index (χ2v) is 12.5. The Hall–Kier alpha value is -5.06. The molecule has 1 fully saturated rings. The summed E-state index contributed by atoms with van der Waals surface area (Å²) in [6, 6.07) is 16.9. The maximum absolute atomic E-state index is 13.9. The van der Waals surface area contributed by atoms with E-state index in [1.54, 1.807) is 17.2 Å². The quantitative estimate of drug-likeness (QED) is 0.317. The van der Waals surface area contributed by atoms with Gasteiger partial charge < -0.3 is 33.6 Å². The van der Waals surface area contributed by atoms with Gasteiger partial charge >= 0.3 is 0 Å². The monoisotopic (exact) mass is 653 g/mol. The van der Waals surface area contributed by atoms with Crippen molar-refractivity contribution < 1.29 is 28.3 Å². The molecule has 0 saturated carbocycles. The number of carbonyl (C=O) groups is 3. The molecule has 3 amide bonds. The summed E-state index contributed by atoms with van der Waals surface area (Å²) in [4.78, 5) is 47.4. The van der Waals surface area contributed by atoms with E-state index >= 15 is 0 Å². The Morgan fingerprint density at radius 1 is 0.958 bits per heavy atom. The Labute approximate surface area is 280 Å². The zero-order valence-electron chi connectivity index (χ0n) is 27.7. The maximum atomic E-state index is 13.9. The van der Waals surface area contributed by atoms with Gasteiger partial charge in [0.05, 0.1) is 6.54 Å². The molecule has 2 bridgehead atoms. The lowest BCUT2D eigenvalue weighted by Crippen LogP contribution is -2.46. The number of amides is 3. The normalized spacial score (nSPS) is 17.6. The fraction of sp³-hybridized carbons (Fsp3) is 0.405. The number of fused-ring (bicyclic) bond motifs is 4. The molecule has 252 valence electrons. The molecule has 1 unspecified atom stereocenters. The molecule has 4 heterocycles. The zero-order valence-corrected chi connectivity index (χ0v) is 27.7.